The molecule has 0 aromatic carbocycles. The number of likely N-dealkylation sites (N-methyl/N-ethyl adjacent to an activating group) is 7. The summed E-state index contributed by atoms with van der Waals surface area (Å²) in [6.07, 6.45) is 2.35. The highest BCUT2D eigenvalue weighted by Crippen LogP contribution is 2.27. The molecule has 13 atom stereocenters. The van der Waals surface area contributed by atoms with Crippen LogP contribution in [0.4, 0.5) is 0 Å². The molecule has 0 aromatic rings. The van der Waals surface area contributed by atoms with Crippen LogP contribution in [0.3, 0.4) is 0 Å². The Morgan fingerprint density at radius 1 is 0.516 bits per heavy atom. The average Bonchev–Trinajstić information content (AvgIpc) is 0.815. The summed E-state index contributed by atoms with van der Waals surface area (Å²) in [5.74, 6) is -9.76. The van der Waals surface area contributed by atoms with Gasteiger partial charge in [-0.3, -0.25) is 52.7 Å². The van der Waals surface area contributed by atoms with Crippen molar-refractivity contribution < 1.29 is 63.0 Å². The molecule has 1 fully saturated rings. The van der Waals surface area contributed by atoms with Gasteiger partial charge < -0.3 is 70.7 Å². The van der Waals surface area contributed by atoms with Crippen molar-refractivity contribution in [3.05, 3.63) is 12.2 Å². The van der Waals surface area contributed by atoms with Crippen LogP contribution >= 0.6 is 11.8 Å². The topological polar surface area (TPSA) is 302 Å². The normalized spacial score (nSPS) is 26.4. The number of carbonyl (C=O) groups is 11. The van der Waals surface area contributed by atoms with Crippen molar-refractivity contribution in [2.45, 2.75) is 254 Å². The van der Waals surface area contributed by atoms with Crippen LogP contribution in [-0.4, -0.2) is 273 Å². The fourth-order valence-corrected chi connectivity index (χ4v) is 12.8. The molecular formula is C69H126N12O13S. The van der Waals surface area contributed by atoms with Crippen molar-refractivity contribution >= 4 is 76.7 Å². The van der Waals surface area contributed by atoms with Crippen molar-refractivity contribution in [1.82, 2.24) is 60.5 Å². The Morgan fingerprint density at radius 2 is 0.947 bits per heavy atom. The number of carbonyl (C=O) groups excluding carboxylic acids is 11. The second-order valence-corrected chi connectivity index (χ2v) is 30.5. The number of aliphatic hydroxyl groups excluding tert-OH is 1. The van der Waals surface area contributed by atoms with E-state index in [0.717, 1.165) is 9.80 Å². The lowest BCUT2D eigenvalue weighted by Crippen LogP contribution is -2.64. The summed E-state index contributed by atoms with van der Waals surface area (Å²) >= 11 is 1.38. The maximum atomic E-state index is 15.4. The number of aliphatic hydroxyl groups is 2. The van der Waals surface area contributed by atoms with E-state index in [9.17, 15) is 34.2 Å². The Labute approximate surface area is 574 Å². The molecule has 0 aromatic heterocycles. The lowest BCUT2D eigenvalue weighted by atomic mass is 9.91. The van der Waals surface area contributed by atoms with Gasteiger partial charge in [-0.15, -0.1) is 0 Å². The first kappa shape index (κ1) is 87.2. The summed E-state index contributed by atoms with van der Waals surface area (Å²) < 4.78 is 0. The van der Waals surface area contributed by atoms with Crippen molar-refractivity contribution in [3.8, 4) is 0 Å². The Morgan fingerprint density at radius 3 is 1.41 bits per heavy atom. The van der Waals surface area contributed by atoms with E-state index in [2.05, 4.69) is 26.2 Å². The van der Waals surface area contributed by atoms with Crippen molar-refractivity contribution in [3.63, 3.8) is 0 Å². The molecule has 1 rings (SSSR count). The molecule has 1 saturated heterocycles. The van der Waals surface area contributed by atoms with Crippen LogP contribution in [0.5, 0.6) is 0 Å². The van der Waals surface area contributed by atoms with Gasteiger partial charge in [0.2, 0.25) is 65.0 Å². The third-order valence-corrected chi connectivity index (χ3v) is 19.1. The van der Waals surface area contributed by atoms with Gasteiger partial charge in [-0.05, 0) is 123 Å². The molecule has 0 unspecified atom stereocenters. The highest BCUT2D eigenvalue weighted by atomic mass is 32.2. The predicted molar refractivity (Wildman–Crippen MR) is 374 cm³/mol. The number of hydrogen-bond donors (Lipinski definition) is 6. The molecule has 11 amide bonds. The van der Waals surface area contributed by atoms with E-state index < -0.39 is 161 Å². The van der Waals surface area contributed by atoms with E-state index >= 15 is 28.8 Å². The number of rotatable bonds is 21. The van der Waals surface area contributed by atoms with E-state index in [1.165, 1.54) is 113 Å². The second kappa shape index (κ2) is 39.5. The summed E-state index contributed by atoms with van der Waals surface area (Å²) in [5, 5.41) is 34.8. The van der Waals surface area contributed by atoms with E-state index in [1.54, 1.807) is 60.6 Å². The highest BCUT2D eigenvalue weighted by molar-refractivity contribution is 7.99. The Bertz CT molecular complexity index is 2600. The van der Waals surface area contributed by atoms with Crippen molar-refractivity contribution in [2.75, 3.05) is 74.4 Å². The van der Waals surface area contributed by atoms with Crippen LogP contribution in [0.1, 0.15) is 170 Å². The second-order valence-electron chi connectivity index (χ2n) is 29.3. The monoisotopic (exact) mass is 1360 g/mol. The van der Waals surface area contributed by atoms with Gasteiger partial charge in [0.1, 0.15) is 66.5 Å². The number of hydrogen-bond acceptors (Lipinski definition) is 15. The minimum atomic E-state index is -1.66. The SMILES string of the molecule is CC=CC[C@@H](C)[C@@H](O)[C@H]1C(=O)N[C@@H](CC)C(=O)N(C)[C@H](CSCCN(C)C(C)C)C(=O)N(C)[C@@H](CC(C)(C)O)C(=O)N[C@@H](C(C)C)C(=O)N(C)[C@@H](CC(C)C)C(=O)N[C@@H](C)C(=O)N[C@H](C)C(=O)N(C)[C@@H](CC(C)C)C(=O)N(C)[C@@H](CC(C)C)C(=O)N(C)[C@@H](C(C)C)C(=O)N1C. The van der Waals surface area contributed by atoms with Gasteiger partial charge in [0, 0.05) is 79.8 Å². The Hall–Kier alpha value is -5.86. The molecule has 1 aliphatic heterocycles. The third-order valence-electron chi connectivity index (χ3n) is 18.1. The third kappa shape index (κ3) is 25.5. The van der Waals surface area contributed by atoms with Crippen LogP contribution in [0.25, 0.3) is 0 Å². The molecule has 1 aliphatic rings. The lowest BCUT2D eigenvalue weighted by molar-refractivity contribution is -0.157. The molecule has 0 radical (unpaired) electrons. The molecule has 26 heteroatoms. The molecule has 0 aliphatic carbocycles. The first-order chi connectivity index (χ1) is 43.7. The molecular weight excluding hydrogens is 1240 g/mol. The summed E-state index contributed by atoms with van der Waals surface area (Å²) in [6, 6.07) is -14.2. The van der Waals surface area contributed by atoms with Crippen molar-refractivity contribution in [1.29, 1.82) is 0 Å². The molecule has 95 heavy (non-hydrogen) atoms. The number of allylic oxidation sites excluding steroid dienone is 2. The molecule has 0 spiro atoms. The van der Waals surface area contributed by atoms with E-state index in [1.807, 2.05) is 62.4 Å². The molecule has 6 N–H and O–H groups in total. The van der Waals surface area contributed by atoms with E-state index in [0.29, 0.717) is 12.3 Å². The number of nitrogens with one attached hydrogen (secondary N) is 4. The summed E-state index contributed by atoms with van der Waals surface area (Å²) in [4.78, 5) is 175. The van der Waals surface area contributed by atoms with Gasteiger partial charge in [0.15, 0.2) is 0 Å². The van der Waals surface area contributed by atoms with Gasteiger partial charge in [0.25, 0.3) is 0 Å². The fraction of sp³-hybridized carbons (Fsp3) is 0.812. The Kier molecular flexibility index (Phi) is 36.3. The van der Waals surface area contributed by atoms with Gasteiger partial charge >= 0.3 is 0 Å². The van der Waals surface area contributed by atoms with E-state index in [4.69, 9.17) is 0 Å². The number of amides is 11. The molecule has 25 nitrogen and oxygen atoms in total. The van der Waals surface area contributed by atoms with Crippen LogP contribution < -0.4 is 21.3 Å². The molecule has 0 bridgehead atoms. The summed E-state index contributed by atoms with van der Waals surface area (Å²) in [7, 11) is 11.8. The Balaban J connectivity index is 4.59. The zero-order valence-corrected chi connectivity index (χ0v) is 63.7. The van der Waals surface area contributed by atoms with Crippen LogP contribution in [-0.2, 0) is 52.7 Å². The first-order valence-electron chi connectivity index (χ1n) is 34.1. The fourth-order valence-electron chi connectivity index (χ4n) is 11.6. The van der Waals surface area contributed by atoms with Gasteiger partial charge in [-0.25, -0.2) is 0 Å². The van der Waals surface area contributed by atoms with Crippen molar-refractivity contribution in [2.24, 2.45) is 35.5 Å². The standard InChI is InChI=1S/C69H126N12O13S/c1-28-30-31-45(15)57(82)56-61(86)72-48(29-2)63(88)79(25)53(38-95-33-32-74(20)44(13)14)66(91)78(24)52(37-69(18,19)94)60(85)73-54(42(9)10)67(92)75(21)49(34-39(3)4)59(84)70-46(16)58(83)71-47(17)62(87)76(22)50(35-40(5)6)64(89)77(23)51(36-41(7)8)65(90)80(26)55(43(11)12)68(93)81(56)27/h28,30,39-57,82,94H,29,31-38H2,1-27H3,(H,70,84)(H,71,83)(H,72,86)(H,73,85)/t45-,46+,47-,48+,49+,50+,51+,52+,53-,54+,55+,56+,57-/m1/s1. The first-order valence-corrected chi connectivity index (χ1v) is 35.3. The minimum Gasteiger partial charge on any atom is -0.390 e. The smallest absolute Gasteiger partial charge is 0.246 e. The van der Waals surface area contributed by atoms with Gasteiger partial charge in [-0.2, -0.15) is 11.8 Å². The molecule has 546 valence electrons. The molecule has 0 saturated carbocycles. The van der Waals surface area contributed by atoms with Crippen LogP contribution in [0.15, 0.2) is 12.2 Å². The largest absolute Gasteiger partial charge is 0.390 e. The summed E-state index contributed by atoms with van der Waals surface area (Å²) in [6.45, 7) is 33.6. The van der Waals surface area contributed by atoms with Crippen LogP contribution in [0, 0.1) is 35.5 Å². The van der Waals surface area contributed by atoms with Gasteiger partial charge in [-0.1, -0.05) is 95.2 Å². The quantitative estimate of drug-likeness (QED) is 0.0703. The van der Waals surface area contributed by atoms with Gasteiger partial charge in [0.05, 0.1) is 11.7 Å². The highest BCUT2D eigenvalue weighted by Gasteiger charge is 2.47. The summed E-state index contributed by atoms with van der Waals surface area (Å²) in [5.41, 5.74) is -1.59. The average molecular weight is 1360 g/mol. The molecule has 1 heterocycles. The zero-order valence-electron chi connectivity index (χ0n) is 62.9. The maximum absolute atomic E-state index is 15.4. The predicted octanol–water partition coefficient (Wildman–Crippen LogP) is 3.83. The maximum Gasteiger partial charge on any atom is 0.246 e. The van der Waals surface area contributed by atoms with Crippen LogP contribution in [0.2, 0.25) is 0 Å². The number of thioether (sulfide) groups is 1. The number of nitrogens with zero attached hydrogens (tertiary/aromatic N) is 8. The lowest BCUT2D eigenvalue weighted by Gasteiger charge is -2.41. The minimum absolute atomic E-state index is 0.00857. The zero-order chi connectivity index (χ0) is 73.8. The van der Waals surface area contributed by atoms with E-state index in [-0.39, 0.29) is 68.1 Å².